The second-order valence-corrected chi connectivity index (χ2v) is 11.3. The van der Waals surface area contributed by atoms with Gasteiger partial charge in [-0.05, 0) is 61.3 Å². The van der Waals surface area contributed by atoms with E-state index in [4.69, 9.17) is 9.31 Å². The largest absolute Gasteiger partial charge is 0.481 e. The highest BCUT2D eigenvalue weighted by Gasteiger charge is 2.68. The second-order valence-electron chi connectivity index (χ2n) is 11.0. The Bertz CT molecular complexity index is 792. The highest BCUT2D eigenvalue weighted by molar-refractivity contribution is 7.13. The van der Waals surface area contributed by atoms with E-state index in [0.29, 0.717) is 29.6 Å². The SMILES string of the molecule is CC(C)C[C@H](NC(=O)[C@H](Cc1ccccc1)NP)B1O[C@@H]2C[C@@H]3C[C@@H](C3(C)C)[C@]2(C)O1. The zero-order valence-corrected chi connectivity index (χ0v) is 20.7. The first kappa shape index (κ1) is 23.2. The van der Waals surface area contributed by atoms with E-state index >= 15 is 0 Å². The first-order valence-corrected chi connectivity index (χ1v) is 12.4. The third kappa shape index (κ3) is 4.34. The third-order valence-electron chi connectivity index (χ3n) is 8.15. The van der Waals surface area contributed by atoms with Gasteiger partial charge in [0.05, 0.1) is 23.7 Å². The van der Waals surface area contributed by atoms with Gasteiger partial charge in [-0.3, -0.25) is 9.88 Å². The van der Waals surface area contributed by atoms with Crippen LogP contribution in [0.2, 0.25) is 0 Å². The number of nitrogens with one attached hydrogen (secondary N) is 2. The smallest absolute Gasteiger partial charge is 0.404 e. The standard InChI is InChI=1S/C24H38BN2O3P/c1-15(2)11-21(26-22(28)18(27-31)12-16-9-7-6-8-10-16)25-29-20-14-17-13-19(23(17,3)4)24(20,5)30-25/h6-10,15,17-21,27H,11-14,31H2,1-5H3,(H,26,28)/t17-,18-,19-,20+,21-,24-/m0/s1. The van der Waals surface area contributed by atoms with Crippen molar-refractivity contribution in [3.63, 3.8) is 0 Å². The van der Waals surface area contributed by atoms with E-state index in [-0.39, 0.29) is 29.6 Å². The van der Waals surface area contributed by atoms with Crippen LogP contribution in [0.15, 0.2) is 30.3 Å². The quantitative estimate of drug-likeness (QED) is 0.474. The van der Waals surface area contributed by atoms with Gasteiger partial charge in [-0.15, -0.1) is 0 Å². The Morgan fingerprint density at radius 3 is 2.55 bits per heavy atom. The monoisotopic (exact) mass is 444 g/mol. The lowest BCUT2D eigenvalue weighted by molar-refractivity contribution is -0.199. The van der Waals surface area contributed by atoms with Gasteiger partial charge in [0.1, 0.15) is 0 Å². The van der Waals surface area contributed by atoms with Crippen molar-refractivity contribution < 1.29 is 14.1 Å². The molecule has 3 saturated carbocycles. The third-order valence-corrected chi connectivity index (χ3v) is 8.55. The second kappa shape index (κ2) is 8.78. The summed E-state index contributed by atoms with van der Waals surface area (Å²) in [4.78, 5) is 13.2. The van der Waals surface area contributed by atoms with Crippen LogP contribution in [0.3, 0.4) is 0 Å². The first-order valence-electron chi connectivity index (χ1n) is 11.8. The Morgan fingerprint density at radius 2 is 1.94 bits per heavy atom. The van der Waals surface area contributed by atoms with Gasteiger partial charge in [0.2, 0.25) is 5.91 Å². The molecule has 7 heteroatoms. The number of rotatable bonds is 8. The molecule has 7 atom stereocenters. The van der Waals surface area contributed by atoms with Gasteiger partial charge in [0, 0.05) is 0 Å². The van der Waals surface area contributed by atoms with Crippen molar-refractivity contribution in [2.75, 3.05) is 0 Å². The van der Waals surface area contributed by atoms with Crippen LogP contribution < -0.4 is 10.4 Å². The lowest BCUT2D eigenvalue weighted by atomic mass is 9.43. The maximum Gasteiger partial charge on any atom is 0.481 e. The maximum atomic E-state index is 13.2. The molecule has 1 aromatic carbocycles. The van der Waals surface area contributed by atoms with E-state index in [9.17, 15) is 4.79 Å². The van der Waals surface area contributed by atoms with E-state index in [0.717, 1.165) is 18.4 Å². The summed E-state index contributed by atoms with van der Waals surface area (Å²) >= 11 is 0. The van der Waals surface area contributed by atoms with E-state index in [1.165, 1.54) is 6.42 Å². The minimum atomic E-state index is -0.390. The van der Waals surface area contributed by atoms with Crippen LogP contribution in [0.4, 0.5) is 0 Å². The highest BCUT2D eigenvalue weighted by Crippen LogP contribution is 2.65. The molecule has 0 spiro atoms. The fraction of sp³-hybridized carbons (Fsp3) is 0.708. The fourth-order valence-electron chi connectivity index (χ4n) is 6.18. The molecular weight excluding hydrogens is 406 g/mol. The average molecular weight is 444 g/mol. The molecule has 1 heterocycles. The molecule has 1 unspecified atom stereocenters. The molecule has 3 aliphatic carbocycles. The molecule has 0 radical (unpaired) electrons. The Balaban J connectivity index is 1.46. The van der Waals surface area contributed by atoms with Crippen LogP contribution in [0.5, 0.6) is 0 Å². The molecule has 1 amide bonds. The van der Waals surface area contributed by atoms with Gasteiger partial charge in [-0.25, -0.2) is 0 Å². The molecule has 4 fully saturated rings. The number of carbonyl (C=O) groups excluding carboxylic acids is 1. The molecule has 5 nitrogen and oxygen atoms in total. The molecule has 1 aliphatic heterocycles. The van der Waals surface area contributed by atoms with Crippen molar-refractivity contribution in [3.8, 4) is 0 Å². The molecule has 31 heavy (non-hydrogen) atoms. The van der Waals surface area contributed by atoms with Crippen molar-refractivity contribution >= 4 is 22.4 Å². The summed E-state index contributed by atoms with van der Waals surface area (Å²) in [6.45, 7) is 11.3. The number of benzene rings is 1. The lowest BCUT2D eigenvalue weighted by Gasteiger charge is -2.64. The van der Waals surface area contributed by atoms with Gasteiger partial charge >= 0.3 is 7.12 Å². The van der Waals surface area contributed by atoms with E-state index in [1.54, 1.807) is 0 Å². The molecule has 170 valence electrons. The Hall–Kier alpha value is -0.935. The summed E-state index contributed by atoms with van der Waals surface area (Å²) in [6, 6.07) is 9.78. The number of carbonyl (C=O) groups is 1. The Kier molecular flexibility index (Phi) is 6.58. The zero-order valence-electron chi connectivity index (χ0n) is 19.6. The van der Waals surface area contributed by atoms with Crippen molar-refractivity contribution in [2.45, 2.75) is 84.0 Å². The van der Waals surface area contributed by atoms with E-state index < -0.39 is 7.12 Å². The first-order chi connectivity index (χ1) is 14.6. The molecule has 4 aliphatic rings. The summed E-state index contributed by atoms with van der Waals surface area (Å²) in [5, 5.41) is 6.38. The predicted molar refractivity (Wildman–Crippen MR) is 128 cm³/mol. The molecule has 1 aromatic rings. The average Bonchev–Trinajstić information content (AvgIpc) is 3.08. The zero-order chi connectivity index (χ0) is 22.4. The predicted octanol–water partition coefficient (Wildman–Crippen LogP) is 3.78. The van der Waals surface area contributed by atoms with Crippen LogP contribution >= 0.6 is 9.39 Å². The minimum absolute atomic E-state index is 0.0126. The van der Waals surface area contributed by atoms with Gasteiger partial charge < -0.3 is 14.6 Å². The van der Waals surface area contributed by atoms with Crippen LogP contribution in [-0.2, 0) is 20.5 Å². The van der Waals surface area contributed by atoms with Crippen LogP contribution in [0.1, 0.15) is 59.4 Å². The normalized spacial score (nSPS) is 32.9. The summed E-state index contributed by atoms with van der Waals surface area (Å²) in [7, 11) is 2.11. The Morgan fingerprint density at radius 1 is 1.23 bits per heavy atom. The Labute approximate surface area is 190 Å². The van der Waals surface area contributed by atoms with Crippen LogP contribution in [-0.4, -0.2) is 36.7 Å². The summed E-state index contributed by atoms with van der Waals surface area (Å²) in [6.07, 6.45) is 3.87. The number of hydrogen-bond acceptors (Lipinski definition) is 4. The van der Waals surface area contributed by atoms with Gasteiger partial charge in [-0.2, -0.15) is 0 Å². The van der Waals surface area contributed by atoms with Crippen LogP contribution in [0.25, 0.3) is 0 Å². The van der Waals surface area contributed by atoms with Gasteiger partial charge in [0.15, 0.2) is 0 Å². The van der Waals surface area contributed by atoms with Crippen LogP contribution in [0, 0.1) is 23.2 Å². The highest BCUT2D eigenvalue weighted by atomic mass is 31.0. The van der Waals surface area contributed by atoms with Crippen molar-refractivity contribution in [2.24, 2.45) is 23.2 Å². The fourth-order valence-corrected chi connectivity index (χ4v) is 6.45. The van der Waals surface area contributed by atoms with E-state index in [1.807, 2.05) is 18.2 Å². The van der Waals surface area contributed by atoms with Crippen molar-refractivity contribution in [1.82, 2.24) is 10.4 Å². The molecule has 5 rings (SSSR count). The molecule has 2 N–H and O–H groups in total. The molecule has 0 aromatic heterocycles. The summed E-state index contributed by atoms with van der Waals surface area (Å²) in [5.74, 6) is 1.49. The van der Waals surface area contributed by atoms with E-state index in [2.05, 4.69) is 66.5 Å². The van der Waals surface area contributed by atoms with Crippen molar-refractivity contribution in [3.05, 3.63) is 35.9 Å². The molecular formula is C24H38BN2O3P. The summed E-state index contributed by atoms with van der Waals surface area (Å²) < 4.78 is 13.2. The van der Waals surface area contributed by atoms with Gasteiger partial charge in [0.25, 0.3) is 0 Å². The molecule has 2 bridgehead atoms. The lowest BCUT2D eigenvalue weighted by Crippen LogP contribution is -2.65. The van der Waals surface area contributed by atoms with Gasteiger partial charge in [-0.1, -0.05) is 67.4 Å². The minimum Gasteiger partial charge on any atom is -0.404 e. The maximum absolute atomic E-state index is 13.2. The number of amides is 1. The molecule has 1 saturated heterocycles. The van der Waals surface area contributed by atoms with Crippen molar-refractivity contribution in [1.29, 1.82) is 0 Å². The number of hydrogen-bond donors (Lipinski definition) is 2. The summed E-state index contributed by atoms with van der Waals surface area (Å²) in [5.41, 5.74) is 1.18. The topological polar surface area (TPSA) is 59.6 Å².